The highest BCUT2D eigenvalue weighted by Crippen LogP contribution is 2.18. The summed E-state index contributed by atoms with van der Waals surface area (Å²) >= 11 is 0. The molecular formula is C50H85NO5. The molecule has 56 heavy (non-hydrogen) atoms. The molecule has 1 unspecified atom stereocenters. The Labute approximate surface area is 344 Å². The SMILES string of the molecule is CC/C=C\C/C=C\C/C=C\C/C=C\C/C=C\CCCCCCCCCC(=O)OC(CCC/C=C\CCCCCCCC)CCCCCCCC(=O)NCC(=O)O. The summed E-state index contributed by atoms with van der Waals surface area (Å²) in [6.45, 7) is 4.10. The van der Waals surface area contributed by atoms with Crippen molar-refractivity contribution in [3.05, 3.63) is 72.9 Å². The summed E-state index contributed by atoms with van der Waals surface area (Å²) < 4.78 is 6.02. The molecule has 0 fully saturated rings. The first-order chi connectivity index (χ1) is 27.5. The molecule has 6 heteroatoms. The summed E-state index contributed by atoms with van der Waals surface area (Å²) in [6, 6.07) is 0. The Balaban J connectivity index is 4.13. The molecule has 0 saturated carbocycles. The average molecular weight is 780 g/mol. The van der Waals surface area contributed by atoms with Gasteiger partial charge in [0.1, 0.15) is 12.6 Å². The van der Waals surface area contributed by atoms with E-state index in [-0.39, 0.29) is 24.5 Å². The zero-order valence-electron chi connectivity index (χ0n) is 36.2. The molecule has 320 valence electrons. The first-order valence-electron chi connectivity index (χ1n) is 23.1. The molecule has 0 bridgehead atoms. The smallest absolute Gasteiger partial charge is 0.322 e. The number of aliphatic carboxylic acids is 1. The zero-order valence-corrected chi connectivity index (χ0v) is 36.2. The Bertz CT molecular complexity index is 1090. The summed E-state index contributed by atoms with van der Waals surface area (Å²) in [7, 11) is 0. The predicted octanol–water partition coefficient (Wildman–Crippen LogP) is 14.6. The Morgan fingerprint density at radius 1 is 0.482 bits per heavy atom. The number of hydrogen-bond acceptors (Lipinski definition) is 4. The lowest BCUT2D eigenvalue weighted by Crippen LogP contribution is -2.28. The van der Waals surface area contributed by atoms with Crippen molar-refractivity contribution in [2.24, 2.45) is 0 Å². The van der Waals surface area contributed by atoms with Gasteiger partial charge < -0.3 is 15.2 Å². The van der Waals surface area contributed by atoms with E-state index in [1.54, 1.807) is 0 Å². The van der Waals surface area contributed by atoms with Crippen molar-refractivity contribution in [1.29, 1.82) is 0 Å². The second-order valence-corrected chi connectivity index (χ2v) is 15.3. The minimum atomic E-state index is -1.02. The van der Waals surface area contributed by atoms with Gasteiger partial charge >= 0.3 is 11.9 Å². The molecule has 0 aliphatic heterocycles. The normalized spacial score (nSPS) is 12.8. The summed E-state index contributed by atoms with van der Waals surface area (Å²) in [5, 5.41) is 11.1. The third kappa shape index (κ3) is 43.6. The third-order valence-corrected chi connectivity index (χ3v) is 9.86. The highest BCUT2D eigenvalue weighted by atomic mass is 16.5. The molecule has 0 aromatic carbocycles. The molecule has 0 rings (SSSR count). The van der Waals surface area contributed by atoms with Crippen LogP contribution in [0.25, 0.3) is 0 Å². The van der Waals surface area contributed by atoms with Gasteiger partial charge in [-0.05, 0) is 103 Å². The van der Waals surface area contributed by atoms with Crippen LogP contribution in [0.2, 0.25) is 0 Å². The van der Waals surface area contributed by atoms with Crippen LogP contribution in [0.3, 0.4) is 0 Å². The summed E-state index contributed by atoms with van der Waals surface area (Å²) in [4.78, 5) is 35.1. The lowest BCUT2D eigenvalue weighted by molar-refractivity contribution is -0.150. The van der Waals surface area contributed by atoms with Crippen LogP contribution in [0, 0.1) is 0 Å². The number of ether oxygens (including phenoxy) is 1. The van der Waals surface area contributed by atoms with E-state index in [0.29, 0.717) is 12.8 Å². The zero-order chi connectivity index (χ0) is 40.8. The predicted molar refractivity (Wildman–Crippen MR) is 240 cm³/mol. The lowest BCUT2D eigenvalue weighted by atomic mass is 10.0. The van der Waals surface area contributed by atoms with Crippen LogP contribution in [0.4, 0.5) is 0 Å². The third-order valence-electron chi connectivity index (χ3n) is 9.86. The maximum absolute atomic E-state index is 12.8. The molecule has 0 aromatic rings. The maximum Gasteiger partial charge on any atom is 0.322 e. The van der Waals surface area contributed by atoms with Gasteiger partial charge in [-0.2, -0.15) is 0 Å². The molecule has 0 heterocycles. The van der Waals surface area contributed by atoms with E-state index in [4.69, 9.17) is 9.84 Å². The van der Waals surface area contributed by atoms with E-state index >= 15 is 0 Å². The van der Waals surface area contributed by atoms with E-state index in [1.807, 2.05) is 0 Å². The van der Waals surface area contributed by atoms with Gasteiger partial charge in [0, 0.05) is 12.8 Å². The number of amides is 1. The minimum Gasteiger partial charge on any atom is -0.480 e. The molecule has 1 atom stereocenters. The van der Waals surface area contributed by atoms with Crippen molar-refractivity contribution in [2.75, 3.05) is 6.54 Å². The molecule has 2 N–H and O–H groups in total. The van der Waals surface area contributed by atoms with Gasteiger partial charge in [0.15, 0.2) is 0 Å². The minimum absolute atomic E-state index is 0.0146. The fourth-order valence-corrected chi connectivity index (χ4v) is 6.48. The van der Waals surface area contributed by atoms with Crippen LogP contribution >= 0.6 is 0 Å². The van der Waals surface area contributed by atoms with Crippen molar-refractivity contribution in [3.8, 4) is 0 Å². The molecule has 0 saturated heterocycles. The van der Waals surface area contributed by atoms with Crippen molar-refractivity contribution >= 4 is 17.8 Å². The number of carbonyl (C=O) groups excluding carboxylic acids is 2. The molecule has 0 radical (unpaired) electrons. The highest BCUT2D eigenvalue weighted by molar-refractivity contribution is 5.80. The number of carbonyl (C=O) groups is 3. The molecule has 0 aliphatic carbocycles. The molecular weight excluding hydrogens is 695 g/mol. The number of hydrogen-bond donors (Lipinski definition) is 2. The lowest BCUT2D eigenvalue weighted by Gasteiger charge is -2.18. The van der Waals surface area contributed by atoms with Gasteiger partial charge in [0.2, 0.25) is 5.91 Å². The Kier molecular flexibility index (Phi) is 42.1. The highest BCUT2D eigenvalue weighted by Gasteiger charge is 2.14. The summed E-state index contributed by atoms with van der Waals surface area (Å²) in [5.41, 5.74) is 0. The first kappa shape index (κ1) is 52.9. The van der Waals surface area contributed by atoms with Gasteiger partial charge in [-0.15, -0.1) is 0 Å². The standard InChI is InChI=1S/C50H85NO5/c1-3-5-7-9-11-13-15-16-17-18-19-20-21-22-23-24-25-26-28-30-32-37-41-45-50(55)56-47(42-38-34-31-29-27-14-12-10-8-6-4-2)43-39-35-33-36-40-44-48(52)51-46-49(53)54/h5,7,11,13,16-17,19-20,22-23,29,31,47H,3-4,6,8-10,12,14-15,18,21,24-28,30,32-46H2,1-2H3,(H,51,52)(H,53,54)/b7-5-,13-11-,17-16-,20-19-,23-22-,31-29-. The number of unbranched alkanes of at least 4 members (excludes halogenated alkanes) is 18. The van der Waals surface area contributed by atoms with E-state index in [2.05, 4.69) is 92.1 Å². The number of nitrogens with one attached hydrogen (secondary N) is 1. The number of allylic oxidation sites excluding steroid dienone is 12. The Morgan fingerprint density at radius 2 is 0.893 bits per heavy atom. The van der Waals surface area contributed by atoms with Gasteiger partial charge in [-0.1, -0.05) is 170 Å². The van der Waals surface area contributed by atoms with E-state index < -0.39 is 5.97 Å². The summed E-state index contributed by atoms with van der Waals surface area (Å²) in [6.07, 6.45) is 60.3. The quantitative estimate of drug-likeness (QED) is 0.0366. The van der Waals surface area contributed by atoms with Crippen molar-refractivity contribution < 1.29 is 24.2 Å². The fraction of sp³-hybridized carbons (Fsp3) is 0.700. The molecule has 6 nitrogen and oxygen atoms in total. The van der Waals surface area contributed by atoms with Crippen LogP contribution in [0.15, 0.2) is 72.9 Å². The topological polar surface area (TPSA) is 92.7 Å². The van der Waals surface area contributed by atoms with Gasteiger partial charge in [-0.25, -0.2) is 0 Å². The largest absolute Gasteiger partial charge is 0.480 e. The van der Waals surface area contributed by atoms with Crippen LogP contribution in [0.5, 0.6) is 0 Å². The molecule has 0 aromatic heterocycles. The fourth-order valence-electron chi connectivity index (χ4n) is 6.48. The number of esters is 1. The van der Waals surface area contributed by atoms with Crippen LogP contribution in [-0.2, 0) is 19.1 Å². The second-order valence-electron chi connectivity index (χ2n) is 15.3. The molecule has 1 amide bonds. The maximum atomic E-state index is 12.8. The van der Waals surface area contributed by atoms with Gasteiger partial charge in [0.05, 0.1) is 0 Å². The Hall–Kier alpha value is -3.15. The van der Waals surface area contributed by atoms with E-state index in [1.165, 1.54) is 70.6 Å². The Morgan fingerprint density at radius 3 is 1.43 bits per heavy atom. The van der Waals surface area contributed by atoms with Crippen molar-refractivity contribution in [2.45, 2.75) is 219 Å². The van der Waals surface area contributed by atoms with Crippen LogP contribution < -0.4 is 5.32 Å². The molecule has 0 spiro atoms. The monoisotopic (exact) mass is 780 g/mol. The van der Waals surface area contributed by atoms with E-state index in [0.717, 1.165) is 116 Å². The van der Waals surface area contributed by atoms with Crippen LogP contribution in [-0.4, -0.2) is 35.6 Å². The van der Waals surface area contributed by atoms with Crippen molar-refractivity contribution in [3.63, 3.8) is 0 Å². The van der Waals surface area contributed by atoms with Crippen molar-refractivity contribution in [1.82, 2.24) is 5.32 Å². The number of carboxylic acid groups (broad SMARTS) is 1. The second kappa shape index (κ2) is 44.6. The number of rotatable bonds is 41. The van der Waals surface area contributed by atoms with Crippen LogP contribution in [0.1, 0.15) is 213 Å². The number of carboxylic acids is 1. The van der Waals surface area contributed by atoms with E-state index in [9.17, 15) is 14.4 Å². The van der Waals surface area contributed by atoms with Gasteiger partial charge in [-0.3, -0.25) is 14.4 Å². The summed E-state index contributed by atoms with van der Waals surface area (Å²) in [5.74, 6) is -1.26. The average Bonchev–Trinajstić information content (AvgIpc) is 3.18. The first-order valence-corrected chi connectivity index (χ1v) is 23.1. The van der Waals surface area contributed by atoms with Gasteiger partial charge in [0.25, 0.3) is 0 Å². The molecule has 0 aliphatic rings.